The molecular formula is C23H20N4O. The molecule has 4 rings (SSSR count). The number of anilines is 1. The van der Waals surface area contributed by atoms with Gasteiger partial charge in [-0.15, -0.1) is 5.10 Å². The summed E-state index contributed by atoms with van der Waals surface area (Å²) in [5.41, 5.74) is 4.68. The molecular weight excluding hydrogens is 348 g/mol. The van der Waals surface area contributed by atoms with Gasteiger partial charge in [0.25, 0.3) is 5.91 Å². The molecule has 0 bridgehead atoms. The number of nitrogens with one attached hydrogen (secondary N) is 1. The molecule has 0 fully saturated rings. The minimum absolute atomic E-state index is 0.127. The average Bonchev–Trinajstić information content (AvgIpc) is 3.16. The Bertz CT molecular complexity index is 1120. The molecule has 5 heteroatoms. The number of benzene rings is 3. The second-order valence-corrected chi connectivity index (χ2v) is 6.64. The summed E-state index contributed by atoms with van der Waals surface area (Å²) in [6.45, 7) is 4.01. The summed E-state index contributed by atoms with van der Waals surface area (Å²) < 4.78 is 1.73. The Labute approximate surface area is 163 Å². The third kappa shape index (κ3) is 3.55. The maximum Gasteiger partial charge on any atom is 0.295 e. The molecule has 0 saturated carbocycles. The third-order valence-electron chi connectivity index (χ3n) is 4.50. The van der Waals surface area contributed by atoms with Crippen LogP contribution < -0.4 is 5.32 Å². The molecule has 0 saturated heterocycles. The standard InChI is InChI=1S/C23H20N4O/c1-16-12-14-19(15-13-16)24-23(28)21-25-22(18-9-4-3-5-10-18)27(26-21)20-11-7-6-8-17(20)2/h3-15H,1-2H3,(H,24,28). The van der Waals surface area contributed by atoms with E-state index >= 15 is 0 Å². The molecule has 1 amide bonds. The van der Waals surface area contributed by atoms with E-state index in [-0.39, 0.29) is 11.7 Å². The first kappa shape index (κ1) is 17.7. The Hall–Kier alpha value is -3.73. The van der Waals surface area contributed by atoms with Crippen molar-refractivity contribution in [2.75, 3.05) is 5.32 Å². The molecule has 0 aliphatic carbocycles. The van der Waals surface area contributed by atoms with Gasteiger partial charge in [0.15, 0.2) is 5.82 Å². The van der Waals surface area contributed by atoms with E-state index < -0.39 is 0 Å². The summed E-state index contributed by atoms with van der Waals surface area (Å²) in [5.74, 6) is 0.417. The number of para-hydroxylation sites is 1. The zero-order chi connectivity index (χ0) is 19.5. The van der Waals surface area contributed by atoms with Crippen molar-refractivity contribution < 1.29 is 4.79 Å². The number of aromatic nitrogens is 3. The lowest BCUT2D eigenvalue weighted by molar-refractivity contribution is 0.101. The molecule has 4 aromatic rings. The van der Waals surface area contributed by atoms with E-state index in [1.54, 1.807) is 4.68 Å². The first-order chi connectivity index (χ1) is 13.6. The molecule has 0 radical (unpaired) electrons. The van der Waals surface area contributed by atoms with Crippen molar-refractivity contribution in [1.82, 2.24) is 14.8 Å². The highest BCUT2D eigenvalue weighted by Crippen LogP contribution is 2.23. The lowest BCUT2D eigenvalue weighted by Crippen LogP contribution is -2.14. The molecule has 28 heavy (non-hydrogen) atoms. The number of aryl methyl sites for hydroxylation is 2. The van der Waals surface area contributed by atoms with Gasteiger partial charge in [-0.05, 0) is 37.6 Å². The van der Waals surface area contributed by atoms with Gasteiger partial charge in [-0.1, -0.05) is 66.2 Å². The van der Waals surface area contributed by atoms with Crippen LogP contribution in [0, 0.1) is 13.8 Å². The Morgan fingerprint density at radius 1 is 0.857 bits per heavy atom. The van der Waals surface area contributed by atoms with Gasteiger partial charge in [0.05, 0.1) is 5.69 Å². The second kappa shape index (κ2) is 7.48. The van der Waals surface area contributed by atoms with Crippen molar-refractivity contribution >= 4 is 11.6 Å². The largest absolute Gasteiger partial charge is 0.319 e. The fourth-order valence-corrected chi connectivity index (χ4v) is 2.98. The number of carbonyl (C=O) groups is 1. The van der Waals surface area contributed by atoms with Crippen LogP contribution in [-0.4, -0.2) is 20.7 Å². The smallest absolute Gasteiger partial charge is 0.295 e. The van der Waals surface area contributed by atoms with Crippen molar-refractivity contribution in [3.05, 3.63) is 95.8 Å². The minimum atomic E-state index is -0.339. The number of carbonyl (C=O) groups excluding carboxylic acids is 1. The highest BCUT2D eigenvalue weighted by Gasteiger charge is 2.19. The van der Waals surface area contributed by atoms with Crippen LogP contribution >= 0.6 is 0 Å². The van der Waals surface area contributed by atoms with Crippen LogP contribution in [0.25, 0.3) is 17.1 Å². The van der Waals surface area contributed by atoms with Gasteiger partial charge in [-0.2, -0.15) is 0 Å². The van der Waals surface area contributed by atoms with Gasteiger partial charge in [-0.3, -0.25) is 4.79 Å². The molecule has 0 aliphatic heterocycles. The zero-order valence-corrected chi connectivity index (χ0v) is 15.8. The summed E-state index contributed by atoms with van der Waals surface area (Å²) in [6.07, 6.45) is 0. The topological polar surface area (TPSA) is 59.8 Å². The SMILES string of the molecule is Cc1ccc(NC(=O)c2nc(-c3ccccc3)n(-c3ccccc3C)n2)cc1. The van der Waals surface area contributed by atoms with Gasteiger partial charge in [0, 0.05) is 11.3 Å². The maximum absolute atomic E-state index is 12.8. The van der Waals surface area contributed by atoms with Gasteiger partial charge < -0.3 is 5.32 Å². The van der Waals surface area contributed by atoms with Gasteiger partial charge in [0.1, 0.15) is 0 Å². The number of amides is 1. The quantitative estimate of drug-likeness (QED) is 0.563. The van der Waals surface area contributed by atoms with E-state index in [9.17, 15) is 4.79 Å². The molecule has 1 heterocycles. The Kier molecular flexibility index (Phi) is 4.72. The maximum atomic E-state index is 12.8. The first-order valence-corrected chi connectivity index (χ1v) is 9.08. The lowest BCUT2D eigenvalue weighted by atomic mass is 10.2. The summed E-state index contributed by atoms with van der Waals surface area (Å²) in [5, 5.41) is 7.39. The van der Waals surface area contributed by atoms with Crippen molar-refractivity contribution in [2.24, 2.45) is 0 Å². The van der Waals surface area contributed by atoms with Crippen LogP contribution in [0.5, 0.6) is 0 Å². The average molecular weight is 368 g/mol. The molecule has 0 atom stereocenters. The van der Waals surface area contributed by atoms with Crippen LogP contribution in [0.15, 0.2) is 78.9 Å². The third-order valence-corrected chi connectivity index (χ3v) is 4.50. The Morgan fingerprint density at radius 2 is 1.54 bits per heavy atom. The number of nitrogens with zero attached hydrogens (tertiary/aromatic N) is 3. The number of hydrogen-bond donors (Lipinski definition) is 1. The van der Waals surface area contributed by atoms with Crippen LogP contribution in [0.3, 0.4) is 0 Å². The normalized spacial score (nSPS) is 10.6. The van der Waals surface area contributed by atoms with E-state index in [0.29, 0.717) is 11.5 Å². The van der Waals surface area contributed by atoms with Gasteiger partial charge >= 0.3 is 0 Å². The first-order valence-electron chi connectivity index (χ1n) is 9.08. The molecule has 5 nitrogen and oxygen atoms in total. The summed E-state index contributed by atoms with van der Waals surface area (Å²) in [6, 6.07) is 25.3. The van der Waals surface area contributed by atoms with Crippen molar-refractivity contribution in [1.29, 1.82) is 0 Å². The Morgan fingerprint density at radius 3 is 2.25 bits per heavy atom. The number of hydrogen-bond acceptors (Lipinski definition) is 3. The van der Waals surface area contributed by atoms with Crippen molar-refractivity contribution in [3.63, 3.8) is 0 Å². The number of rotatable bonds is 4. The van der Waals surface area contributed by atoms with Crippen LogP contribution in [0.1, 0.15) is 21.7 Å². The predicted molar refractivity (Wildman–Crippen MR) is 111 cm³/mol. The van der Waals surface area contributed by atoms with Crippen LogP contribution in [0.4, 0.5) is 5.69 Å². The van der Waals surface area contributed by atoms with E-state index in [2.05, 4.69) is 15.4 Å². The van der Waals surface area contributed by atoms with Crippen LogP contribution in [-0.2, 0) is 0 Å². The molecule has 0 spiro atoms. The van der Waals surface area contributed by atoms with E-state index in [0.717, 1.165) is 22.4 Å². The molecule has 1 N–H and O–H groups in total. The second-order valence-electron chi connectivity index (χ2n) is 6.64. The summed E-state index contributed by atoms with van der Waals surface area (Å²) >= 11 is 0. The fourth-order valence-electron chi connectivity index (χ4n) is 2.98. The zero-order valence-electron chi connectivity index (χ0n) is 15.8. The summed E-state index contributed by atoms with van der Waals surface area (Å²) in [7, 11) is 0. The molecule has 0 unspecified atom stereocenters. The van der Waals surface area contributed by atoms with Gasteiger partial charge in [0.2, 0.25) is 5.82 Å². The monoisotopic (exact) mass is 368 g/mol. The van der Waals surface area contributed by atoms with E-state index in [1.165, 1.54) is 0 Å². The highest BCUT2D eigenvalue weighted by molar-refractivity contribution is 6.01. The molecule has 0 aliphatic rings. The van der Waals surface area contributed by atoms with Crippen molar-refractivity contribution in [3.8, 4) is 17.1 Å². The Balaban J connectivity index is 1.76. The summed E-state index contributed by atoms with van der Waals surface area (Å²) in [4.78, 5) is 17.3. The highest BCUT2D eigenvalue weighted by atomic mass is 16.2. The van der Waals surface area contributed by atoms with Gasteiger partial charge in [-0.25, -0.2) is 9.67 Å². The molecule has 1 aromatic heterocycles. The van der Waals surface area contributed by atoms with E-state index in [1.807, 2.05) is 92.7 Å². The predicted octanol–water partition coefficient (Wildman–Crippen LogP) is 4.80. The van der Waals surface area contributed by atoms with Crippen LogP contribution in [0.2, 0.25) is 0 Å². The fraction of sp³-hybridized carbons (Fsp3) is 0.0870. The lowest BCUT2D eigenvalue weighted by Gasteiger charge is -2.08. The molecule has 3 aromatic carbocycles. The molecule has 138 valence electrons. The minimum Gasteiger partial charge on any atom is -0.319 e. The van der Waals surface area contributed by atoms with Crippen molar-refractivity contribution in [2.45, 2.75) is 13.8 Å². The van der Waals surface area contributed by atoms with E-state index in [4.69, 9.17) is 0 Å².